The lowest BCUT2D eigenvalue weighted by Crippen LogP contribution is -2.36. The molecule has 1 aliphatic rings. The van der Waals surface area contributed by atoms with E-state index in [0.29, 0.717) is 36.2 Å². The smallest absolute Gasteiger partial charge is 0.343 e. The molecular formula is C16H24N6O3. The first-order valence-electron chi connectivity index (χ1n) is 8.59. The molecule has 1 atom stereocenters. The maximum Gasteiger partial charge on any atom is 0.343 e. The van der Waals surface area contributed by atoms with Crippen LogP contribution in [0.15, 0.2) is 10.7 Å². The first-order valence-corrected chi connectivity index (χ1v) is 8.59. The van der Waals surface area contributed by atoms with E-state index in [4.69, 9.17) is 15.0 Å². The molecular weight excluding hydrogens is 324 g/mol. The Morgan fingerprint density at radius 3 is 3.04 bits per heavy atom. The second kappa shape index (κ2) is 7.64. The molecule has 0 spiro atoms. The van der Waals surface area contributed by atoms with Gasteiger partial charge in [0.25, 0.3) is 0 Å². The van der Waals surface area contributed by atoms with Crippen LogP contribution in [-0.2, 0) is 11.3 Å². The van der Waals surface area contributed by atoms with Gasteiger partial charge >= 0.3 is 5.97 Å². The number of nitrogens with zero attached hydrogens (tertiary/aromatic N) is 5. The zero-order valence-corrected chi connectivity index (χ0v) is 14.6. The number of carbonyl (C=O) groups excluding carboxylic acids is 1. The monoisotopic (exact) mass is 348 g/mol. The molecule has 1 fully saturated rings. The third-order valence-corrected chi connectivity index (χ3v) is 4.40. The van der Waals surface area contributed by atoms with E-state index in [1.165, 1.54) is 6.20 Å². The van der Waals surface area contributed by atoms with Gasteiger partial charge in [-0.1, -0.05) is 5.16 Å². The van der Waals surface area contributed by atoms with Gasteiger partial charge in [-0.3, -0.25) is 0 Å². The van der Waals surface area contributed by atoms with Gasteiger partial charge in [0.2, 0.25) is 5.89 Å². The number of aromatic nitrogens is 4. The van der Waals surface area contributed by atoms with Crippen LogP contribution >= 0.6 is 0 Å². The number of likely N-dealkylation sites (tertiary alicyclic amines) is 1. The number of rotatable bonds is 6. The van der Waals surface area contributed by atoms with Gasteiger partial charge in [-0.2, -0.15) is 10.1 Å². The van der Waals surface area contributed by atoms with Gasteiger partial charge in [-0.05, 0) is 33.2 Å². The number of nitrogens with two attached hydrogens (primary N) is 1. The third-order valence-electron chi connectivity index (χ3n) is 4.40. The summed E-state index contributed by atoms with van der Waals surface area (Å²) in [5, 5.41) is 8.08. The maximum atomic E-state index is 11.8. The predicted molar refractivity (Wildman–Crippen MR) is 90.0 cm³/mol. The average Bonchev–Trinajstić information content (AvgIpc) is 3.19. The summed E-state index contributed by atoms with van der Waals surface area (Å²) in [6.45, 7) is 7.18. The predicted octanol–water partition coefficient (Wildman–Crippen LogP) is 1.21. The van der Waals surface area contributed by atoms with Crippen molar-refractivity contribution in [2.45, 2.75) is 39.2 Å². The Balaban J connectivity index is 1.57. The van der Waals surface area contributed by atoms with Crippen LogP contribution in [0, 0.1) is 6.92 Å². The highest BCUT2D eigenvalue weighted by atomic mass is 16.5. The highest BCUT2D eigenvalue weighted by Crippen LogP contribution is 2.25. The van der Waals surface area contributed by atoms with E-state index in [2.05, 4.69) is 20.1 Å². The van der Waals surface area contributed by atoms with Gasteiger partial charge in [-0.15, -0.1) is 0 Å². The van der Waals surface area contributed by atoms with Crippen molar-refractivity contribution >= 4 is 11.8 Å². The largest absolute Gasteiger partial charge is 0.462 e. The summed E-state index contributed by atoms with van der Waals surface area (Å²) in [7, 11) is 0. The van der Waals surface area contributed by atoms with Crippen LogP contribution in [-0.4, -0.2) is 57.0 Å². The number of hydrogen-bond acceptors (Lipinski definition) is 8. The minimum absolute atomic E-state index is 0.264. The summed E-state index contributed by atoms with van der Waals surface area (Å²) in [6.07, 6.45) is 3.59. The number of nitrogen functional groups attached to an aromatic ring is 1. The Labute approximate surface area is 146 Å². The Morgan fingerprint density at radius 2 is 2.32 bits per heavy atom. The first kappa shape index (κ1) is 17.4. The number of carbonyl (C=O) groups is 1. The van der Waals surface area contributed by atoms with Crippen molar-refractivity contribution in [1.82, 2.24) is 24.8 Å². The van der Waals surface area contributed by atoms with Crippen molar-refractivity contribution in [2.75, 3.05) is 32.0 Å². The lowest BCUT2D eigenvalue weighted by atomic mass is 9.98. The summed E-state index contributed by atoms with van der Waals surface area (Å²) in [4.78, 5) is 18.5. The SMILES string of the molecule is CCOC(=O)c1cnn(CCN2CCC[C@@H](c3nc(C)no3)C2)c1N. The van der Waals surface area contributed by atoms with Gasteiger partial charge in [0, 0.05) is 13.1 Å². The molecule has 25 heavy (non-hydrogen) atoms. The molecule has 0 bridgehead atoms. The Morgan fingerprint density at radius 1 is 1.48 bits per heavy atom. The van der Waals surface area contributed by atoms with E-state index in [1.54, 1.807) is 11.6 Å². The fraction of sp³-hybridized carbons (Fsp3) is 0.625. The summed E-state index contributed by atoms with van der Waals surface area (Å²) < 4.78 is 11.9. The second-order valence-corrected chi connectivity index (χ2v) is 6.21. The van der Waals surface area contributed by atoms with Crippen LogP contribution < -0.4 is 5.73 Å². The van der Waals surface area contributed by atoms with Crippen molar-refractivity contribution in [3.8, 4) is 0 Å². The molecule has 9 nitrogen and oxygen atoms in total. The molecule has 3 rings (SSSR count). The lowest BCUT2D eigenvalue weighted by molar-refractivity contribution is 0.0527. The molecule has 2 aromatic heterocycles. The molecule has 0 amide bonds. The van der Waals surface area contributed by atoms with Crippen LogP contribution in [0.4, 0.5) is 5.82 Å². The van der Waals surface area contributed by atoms with E-state index in [9.17, 15) is 4.79 Å². The quantitative estimate of drug-likeness (QED) is 0.775. The fourth-order valence-electron chi connectivity index (χ4n) is 3.11. The van der Waals surface area contributed by atoms with Gasteiger partial charge in [-0.25, -0.2) is 9.48 Å². The molecule has 1 saturated heterocycles. The topological polar surface area (TPSA) is 112 Å². The Hall–Kier alpha value is -2.42. The molecule has 3 heterocycles. The number of ether oxygens (including phenoxy) is 1. The second-order valence-electron chi connectivity index (χ2n) is 6.21. The third kappa shape index (κ3) is 3.98. The number of aryl methyl sites for hydroxylation is 1. The highest BCUT2D eigenvalue weighted by molar-refractivity contribution is 5.93. The van der Waals surface area contributed by atoms with E-state index in [-0.39, 0.29) is 5.92 Å². The summed E-state index contributed by atoms with van der Waals surface area (Å²) in [5.41, 5.74) is 6.34. The highest BCUT2D eigenvalue weighted by Gasteiger charge is 2.26. The van der Waals surface area contributed by atoms with Crippen molar-refractivity contribution in [3.05, 3.63) is 23.5 Å². The van der Waals surface area contributed by atoms with E-state index in [0.717, 1.165) is 32.5 Å². The molecule has 0 radical (unpaired) electrons. The lowest BCUT2D eigenvalue weighted by Gasteiger charge is -2.30. The minimum atomic E-state index is -0.434. The normalized spacial score (nSPS) is 18.4. The maximum absolute atomic E-state index is 11.8. The van der Waals surface area contributed by atoms with Crippen LogP contribution in [0.1, 0.15) is 47.8 Å². The van der Waals surface area contributed by atoms with Crippen LogP contribution in [0.25, 0.3) is 0 Å². The number of esters is 1. The van der Waals surface area contributed by atoms with E-state index < -0.39 is 5.97 Å². The van der Waals surface area contributed by atoms with Gasteiger partial charge in [0.05, 0.1) is 25.3 Å². The Kier molecular flexibility index (Phi) is 5.32. The molecule has 2 N–H and O–H groups in total. The van der Waals surface area contributed by atoms with Gasteiger partial charge in [0.1, 0.15) is 11.4 Å². The van der Waals surface area contributed by atoms with Crippen LogP contribution in [0.3, 0.4) is 0 Å². The molecule has 0 saturated carbocycles. The average molecular weight is 348 g/mol. The minimum Gasteiger partial charge on any atom is -0.462 e. The Bertz CT molecular complexity index is 725. The molecule has 2 aromatic rings. The molecule has 9 heteroatoms. The van der Waals surface area contributed by atoms with E-state index in [1.807, 2.05) is 6.92 Å². The molecule has 1 aliphatic heterocycles. The van der Waals surface area contributed by atoms with Gasteiger partial charge < -0.3 is 19.9 Å². The zero-order chi connectivity index (χ0) is 17.8. The summed E-state index contributed by atoms with van der Waals surface area (Å²) >= 11 is 0. The first-order chi connectivity index (χ1) is 12.1. The number of piperidine rings is 1. The molecule has 0 aromatic carbocycles. The number of hydrogen-bond donors (Lipinski definition) is 1. The van der Waals surface area contributed by atoms with Crippen molar-refractivity contribution in [2.24, 2.45) is 0 Å². The zero-order valence-electron chi connectivity index (χ0n) is 14.6. The van der Waals surface area contributed by atoms with E-state index >= 15 is 0 Å². The van der Waals surface area contributed by atoms with Crippen LogP contribution in [0.2, 0.25) is 0 Å². The standard InChI is InChI=1S/C16H24N6O3/c1-3-24-16(23)13-9-18-22(14(13)17)8-7-21-6-4-5-12(10-21)15-19-11(2)20-25-15/h9,12H,3-8,10,17H2,1-2H3/t12-/m1/s1. The molecule has 0 unspecified atom stereocenters. The summed E-state index contributed by atoms with van der Waals surface area (Å²) in [6, 6.07) is 0. The van der Waals surface area contributed by atoms with Crippen molar-refractivity contribution in [3.63, 3.8) is 0 Å². The van der Waals surface area contributed by atoms with Crippen LogP contribution in [0.5, 0.6) is 0 Å². The van der Waals surface area contributed by atoms with Crippen molar-refractivity contribution < 1.29 is 14.1 Å². The molecule has 0 aliphatic carbocycles. The molecule has 136 valence electrons. The fourth-order valence-corrected chi connectivity index (χ4v) is 3.11. The van der Waals surface area contributed by atoms with Gasteiger partial charge in [0.15, 0.2) is 5.82 Å². The summed E-state index contributed by atoms with van der Waals surface area (Å²) in [5.74, 6) is 1.56. The number of anilines is 1. The van der Waals surface area contributed by atoms with Crippen molar-refractivity contribution in [1.29, 1.82) is 0 Å².